The SMILES string of the molecule is CC(C)Oc1cccc(CN2CCC3(C[C@@H]2C)C(=O)N(c2ccccc2)C(=O)N3c2cccc(F)c2)c1. The molecule has 2 atom stereocenters. The van der Waals surface area contributed by atoms with Gasteiger partial charge in [0, 0.05) is 24.8 Å². The molecule has 0 aliphatic carbocycles. The van der Waals surface area contributed by atoms with E-state index in [4.69, 9.17) is 4.74 Å². The second-order valence-corrected chi connectivity index (χ2v) is 10.2. The summed E-state index contributed by atoms with van der Waals surface area (Å²) in [5.41, 5.74) is 0.964. The van der Waals surface area contributed by atoms with Crippen LogP contribution < -0.4 is 14.5 Å². The first kappa shape index (κ1) is 25.0. The first-order valence-electron chi connectivity index (χ1n) is 12.8. The number of para-hydroxylation sites is 1. The van der Waals surface area contributed by atoms with Crippen LogP contribution in [0.5, 0.6) is 5.75 Å². The number of carbonyl (C=O) groups is 2. The molecule has 0 radical (unpaired) electrons. The molecular formula is C30H32FN3O3. The maximum absolute atomic E-state index is 14.3. The first-order chi connectivity index (χ1) is 17.8. The fourth-order valence-electron chi connectivity index (χ4n) is 5.58. The molecule has 0 N–H and O–H groups in total. The van der Waals surface area contributed by atoms with E-state index in [9.17, 15) is 14.0 Å². The number of halogens is 1. The van der Waals surface area contributed by atoms with Crippen molar-refractivity contribution in [3.8, 4) is 5.75 Å². The zero-order valence-electron chi connectivity index (χ0n) is 21.4. The van der Waals surface area contributed by atoms with Crippen LogP contribution in [0.25, 0.3) is 0 Å². The smallest absolute Gasteiger partial charge is 0.336 e. The molecule has 2 aliphatic rings. The Labute approximate surface area is 217 Å². The highest BCUT2D eigenvalue weighted by Gasteiger charge is 2.60. The Morgan fingerprint density at radius 3 is 2.41 bits per heavy atom. The van der Waals surface area contributed by atoms with E-state index < -0.39 is 17.4 Å². The Morgan fingerprint density at radius 2 is 1.70 bits per heavy atom. The summed E-state index contributed by atoms with van der Waals surface area (Å²) in [5.74, 6) is 0.132. The van der Waals surface area contributed by atoms with Gasteiger partial charge in [-0.05, 0) is 81.6 Å². The van der Waals surface area contributed by atoms with Gasteiger partial charge < -0.3 is 4.74 Å². The lowest BCUT2D eigenvalue weighted by Gasteiger charge is -2.45. The normalized spacial score (nSPS) is 22.4. The first-order valence-corrected chi connectivity index (χ1v) is 12.8. The number of carbonyl (C=O) groups excluding carboxylic acids is 2. The van der Waals surface area contributed by atoms with Crippen molar-refractivity contribution in [1.82, 2.24) is 4.90 Å². The molecule has 192 valence electrons. The van der Waals surface area contributed by atoms with Gasteiger partial charge in [0.05, 0.1) is 11.8 Å². The summed E-state index contributed by atoms with van der Waals surface area (Å²) in [6.07, 6.45) is 0.986. The Hall–Kier alpha value is -3.71. The molecule has 0 bridgehead atoms. The summed E-state index contributed by atoms with van der Waals surface area (Å²) in [7, 11) is 0. The Bertz CT molecular complexity index is 1300. The zero-order chi connectivity index (χ0) is 26.2. The van der Waals surface area contributed by atoms with Gasteiger partial charge in [0.15, 0.2) is 0 Å². The quantitative estimate of drug-likeness (QED) is 0.388. The van der Waals surface area contributed by atoms with Gasteiger partial charge in [-0.1, -0.05) is 36.4 Å². The number of urea groups is 1. The number of likely N-dealkylation sites (tertiary alicyclic amines) is 1. The van der Waals surface area contributed by atoms with Crippen LogP contribution in [0, 0.1) is 5.82 Å². The molecule has 2 fully saturated rings. The third-order valence-electron chi connectivity index (χ3n) is 7.22. The summed E-state index contributed by atoms with van der Waals surface area (Å²) in [4.78, 5) is 32.9. The minimum Gasteiger partial charge on any atom is -0.491 e. The maximum Gasteiger partial charge on any atom is 0.336 e. The molecule has 0 aromatic heterocycles. The largest absolute Gasteiger partial charge is 0.491 e. The van der Waals surface area contributed by atoms with Gasteiger partial charge in [-0.15, -0.1) is 0 Å². The number of anilines is 2. The lowest BCUT2D eigenvalue weighted by atomic mass is 9.81. The molecule has 7 heteroatoms. The van der Waals surface area contributed by atoms with Gasteiger partial charge in [0.1, 0.15) is 17.1 Å². The van der Waals surface area contributed by atoms with Crippen molar-refractivity contribution in [2.75, 3.05) is 16.3 Å². The van der Waals surface area contributed by atoms with Gasteiger partial charge in [-0.3, -0.25) is 14.6 Å². The summed E-state index contributed by atoms with van der Waals surface area (Å²) in [5, 5.41) is 0. The molecule has 1 unspecified atom stereocenters. The summed E-state index contributed by atoms with van der Waals surface area (Å²) >= 11 is 0. The van der Waals surface area contributed by atoms with E-state index in [-0.39, 0.29) is 18.1 Å². The van der Waals surface area contributed by atoms with Crippen LogP contribution >= 0.6 is 0 Å². The second-order valence-electron chi connectivity index (χ2n) is 10.2. The van der Waals surface area contributed by atoms with Crippen LogP contribution in [0.2, 0.25) is 0 Å². The minimum atomic E-state index is -1.08. The van der Waals surface area contributed by atoms with Crippen molar-refractivity contribution in [2.24, 2.45) is 0 Å². The van der Waals surface area contributed by atoms with Crippen molar-refractivity contribution in [1.29, 1.82) is 0 Å². The van der Waals surface area contributed by atoms with Crippen molar-refractivity contribution < 1.29 is 18.7 Å². The average Bonchev–Trinajstić information content (AvgIpc) is 3.07. The van der Waals surface area contributed by atoms with Crippen molar-refractivity contribution >= 4 is 23.3 Å². The van der Waals surface area contributed by atoms with Crippen molar-refractivity contribution in [3.63, 3.8) is 0 Å². The number of imide groups is 1. The number of amides is 3. The van der Waals surface area contributed by atoms with Crippen LogP contribution in [-0.4, -0.2) is 41.1 Å². The van der Waals surface area contributed by atoms with Crippen LogP contribution in [-0.2, 0) is 11.3 Å². The molecule has 2 heterocycles. The topological polar surface area (TPSA) is 53.1 Å². The standard InChI is InChI=1S/C30H32FN3O3/c1-21(2)37-27-14-7-9-23(17-27)20-32-16-15-30(19-22(32)3)28(35)33(25-11-5-4-6-12-25)29(36)34(30)26-13-8-10-24(31)18-26/h4-14,17-18,21-22H,15-16,19-20H2,1-3H3/t22-,30?/m0/s1. The Kier molecular flexibility index (Phi) is 6.73. The Balaban J connectivity index is 1.45. The van der Waals surface area contributed by atoms with E-state index in [1.807, 2.05) is 32.0 Å². The zero-order valence-corrected chi connectivity index (χ0v) is 21.4. The predicted molar refractivity (Wildman–Crippen MR) is 142 cm³/mol. The van der Waals surface area contributed by atoms with Crippen LogP contribution in [0.4, 0.5) is 20.6 Å². The molecule has 3 amide bonds. The third-order valence-corrected chi connectivity index (χ3v) is 7.22. The highest BCUT2D eigenvalue weighted by Crippen LogP contribution is 2.44. The highest BCUT2D eigenvalue weighted by atomic mass is 19.1. The van der Waals surface area contributed by atoms with Crippen LogP contribution in [0.3, 0.4) is 0 Å². The fourth-order valence-corrected chi connectivity index (χ4v) is 5.58. The summed E-state index contributed by atoms with van der Waals surface area (Å²) in [6.45, 7) is 7.41. The number of hydrogen-bond donors (Lipinski definition) is 0. The predicted octanol–water partition coefficient (Wildman–Crippen LogP) is 6.01. The molecule has 2 saturated heterocycles. The average molecular weight is 502 g/mol. The number of ether oxygens (including phenoxy) is 1. The van der Waals surface area contributed by atoms with Gasteiger partial charge in [-0.25, -0.2) is 14.1 Å². The number of hydrogen-bond acceptors (Lipinski definition) is 4. The molecule has 2 aliphatic heterocycles. The van der Waals surface area contributed by atoms with Gasteiger partial charge >= 0.3 is 6.03 Å². The summed E-state index contributed by atoms with van der Waals surface area (Å²) in [6, 6.07) is 22.5. The monoisotopic (exact) mass is 501 g/mol. The lowest BCUT2D eigenvalue weighted by Crippen LogP contribution is -2.59. The lowest BCUT2D eigenvalue weighted by molar-refractivity contribution is -0.123. The third kappa shape index (κ3) is 4.71. The fraction of sp³-hybridized carbons (Fsp3) is 0.333. The van der Waals surface area contributed by atoms with Crippen LogP contribution in [0.15, 0.2) is 78.9 Å². The van der Waals surface area contributed by atoms with E-state index in [0.29, 0.717) is 37.3 Å². The van der Waals surface area contributed by atoms with Crippen molar-refractivity contribution in [2.45, 2.75) is 57.8 Å². The maximum atomic E-state index is 14.3. The van der Waals surface area contributed by atoms with Crippen LogP contribution in [0.1, 0.15) is 39.2 Å². The number of nitrogens with zero attached hydrogens (tertiary/aromatic N) is 3. The summed E-state index contributed by atoms with van der Waals surface area (Å²) < 4.78 is 20.1. The highest BCUT2D eigenvalue weighted by molar-refractivity contribution is 6.30. The van der Waals surface area contributed by atoms with E-state index in [1.54, 1.807) is 36.4 Å². The number of benzene rings is 3. The molecule has 0 saturated carbocycles. The van der Waals surface area contributed by atoms with Gasteiger partial charge in [0.2, 0.25) is 0 Å². The molecular weight excluding hydrogens is 469 g/mol. The second kappa shape index (κ2) is 9.98. The van der Waals surface area contributed by atoms with Gasteiger partial charge in [-0.2, -0.15) is 0 Å². The van der Waals surface area contributed by atoms with E-state index in [1.165, 1.54) is 21.9 Å². The van der Waals surface area contributed by atoms with E-state index in [0.717, 1.165) is 11.3 Å². The minimum absolute atomic E-state index is 0.00644. The van der Waals surface area contributed by atoms with E-state index in [2.05, 4.69) is 24.0 Å². The molecule has 37 heavy (non-hydrogen) atoms. The van der Waals surface area contributed by atoms with E-state index >= 15 is 0 Å². The molecule has 3 aromatic carbocycles. The Morgan fingerprint density at radius 1 is 0.973 bits per heavy atom. The molecule has 1 spiro atoms. The molecule has 3 aromatic rings. The number of rotatable bonds is 6. The van der Waals surface area contributed by atoms with Crippen molar-refractivity contribution in [3.05, 3.63) is 90.2 Å². The number of piperidine rings is 1. The molecule has 5 rings (SSSR count). The van der Waals surface area contributed by atoms with Gasteiger partial charge in [0.25, 0.3) is 5.91 Å². The molecule has 6 nitrogen and oxygen atoms in total.